The number of pyridine rings is 1. The van der Waals surface area contributed by atoms with E-state index in [-0.39, 0.29) is 5.69 Å². The first-order chi connectivity index (χ1) is 6.16. The number of rotatable bonds is 3. The number of nitrogens with zero attached hydrogens (tertiary/aromatic N) is 1. The molecule has 1 heterocycles. The number of halogens is 1. The van der Waals surface area contributed by atoms with Gasteiger partial charge in [0.25, 0.3) is 0 Å². The molecule has 0 spiro atoms. The fraction of sp³-hybridized carbons (Fsp3) is 0.333. The fourth-order valence-corrected chi connectivity index (χ4v) is 1.14. The topological polar surface area (TPSA) is 50.2 Å². The Hall–Kier alpha value is -1.45. The molecule has 1 N–H and O–H groups in total. The molecule has 0 fully saturated rings. The lowest BCUT2D eigenvalue weighted by Crippen LogP contribution is -2.13. The maximum atomic E-state index is 13.1. The molecule has 0 radical (unpaired) electrons. The van der Waals surface area contributed by atoms with Gasteiger partial charge in [-0.1, -0.05) is 6.92 Å². The Kier molecular flexibility index (Phi) is 2.95. The van der Waals surface area contributed by atoms with Crippen LogP contribution in [0.15, 0.2) is 18.3 Å². The number of carboxylic acids is 1. The zero-order chi connectivity index (χ0) is 9.84. The number of aromatic nitrogens is 1. The van der Waals surface area contributed by atoms with Gasteiger partial charge in [0.2, 0.25) is 0 Å². The van der Waals surface area contributed by atoms with Crippen LogP contribution in [0.1, 0.15) is 25.0 Å². The Morgan fingerprint density at radius 2 is 2.46 bits per heavy atom. The molecular formula is C9H10FNO2. The van der Waals surface area contributed by atoms with Crippen LogP contribution in [0.25, 0.3) is 0 Å². The Morgan fingerprint density at radius 3 is 2.92 bits per heavy atom. The predicted molar refractivity (Wildman–Crippen MR) is 44.9 cm³/mol. The van der Waals surface area contributed by atoms with Crippen molar-refractivity contribution in [3.05, 3.63) is 29.8 Å². The van der Waals surface area contributed by atoms with Crippen molar-refractivity contribution < 1.29 is 14.3 Å². The van der Waals surface area contributed by atoms with Gasteiger partial charge in [0, 0.05) is 6.20 Å². The third-order valence-corrected chi connectivity index (χ3v) is 1.82. The maximum absolute atomic E-state index is 13.1. The van der Waals surface area contributed by atoms with E-state index in [0.29, 0.717) is 6.42 Å². The van der Waals surface area contributed by atoms with E-state index >= 15 is 0 Å². The van der Waals surface area contributed by atoms with Crippen LogP contribution in [0.2, 0.25) is 0 Å². The van der Waals surface area contributed by atoms with Gasteiger partial charge in [-0.3, -0.25) is 9.78 Å². The van der Waals surface area contributed by atoms with Crippen molar-refractivity contribution in [2.45, 2.75) is 19.3 Å². The lowest BCUT2D eigenvalue weighted by Gasteiger charge is -2.08. The minimum Gasteiger partial charge on any atom is -0.481 e. The Bertz CT molecular complexity index is 314. The number of aliphatic carboxylic acids is 1. The minimum absolute atomic E-state index is 0.0116. The van der Waals surface area contributed by atoms with Crippen LogP contribution in [0, 0.1) is 5.82 Å². The molecule has 70 valence electrons. The Balaban J connectivity index is 3.04. The lowest BCUT2D eigenvalue weighted by molar-refractivity contribution is -0.139. The van der Waals surface area contributed by atoms with Crippen LogP contribution in [0.4, 0.5) is 4.39 Å². The highest BCUT2D eigenvalue weighted by atomic mass is 19.1. The van der Waals surface area contributed by atoms with Gasteiger partial charge in [0.1, 0.15) is 11.7 Å². The van der Waals surface area contributed by atoms with E-state index in [1.807, 2.05) is 0 Å². The van der Waals surface area contributed by atoms with Gasteiger partial charge in [-0.15, -0.1) is 0 Å². The van der Waals surface area contributed by atoms with E-state index in [0.717, 1.165) is 0 Å². The Morgan fingerprint density at radius 1 is 1.77 bits per heavy atom. The summed E-state index contributed by atoms with van der Waals surface area (Å²) in [6, 6.07) is 2.65. The maximum Gasteiger partial charge on any atom is 0.312 e. The molecule has 13 heavy (non-hydrogen) atoms. The van der Waals surface area contributed by atoms with Crippen LogP contribution in [-0.2, 0) is 4.79 Å². The normalized spacial score (nSPS) is 12.5. The van der Waals surface area contributed by atoms with Crippen LogP contribution in [-0.4, -0.2) is 16.1 Å². The fourth-order valence-electron chi connectivity index (χ4n) is 1.14. The summed E-state index contributed by atoms with van der Waals surface area (Å²) in [4.78, 5) is 14.4. The number of carboxylic acid groups (broad SMARTS) is 1. The third-order valence-electron chi connectivity index (χ3n) is 1.82. The largest absolute Gasteiger partial charge is 0.481 e. The SMILES string of the molecule is CCC(C(=O)O)c1ncccc1F. The number of hydrogen-bond acceptors (Lipinski definition) is 2. The first kappa shape index (κ1) is 9.64. The number of hydrogen-bond donors (Lipinski definition) is 1. The molecular weight excluding hydrogens is 173 g/mol. The van der Waals surface area contributed by atoms with Crippen molar-refractivity contribution in [1.29, 1.82) is 0 Å². The molecule has 1 unspecified atom stereocenters. The molecule has 0 bridgehead atoms. The summed E-state index contributed by atoms with van der Waals surface area (Å²) in [5, 5.41) is 8.74. The van der Waals surface area contributed by atoms with Crippen LogP contribution >= 0.6 is 0 Å². The molecule has 0 aliphatic carbocycles. The summed E-state index contributed by atoms with van der Waals surface area (Å²) in [6.07, 6.45) is 1.73. The van der Waals surface area contributed by atoms with Crippen molar-refractivity contribution in [2.24, 2.45) is 0 Å². The third kappa shape index (κ3) is 2.02. The highest BCUT2D eigenvalue weighted by molar-refractivity contribution is 5.75. The summed E-state index contributed by atoms with van der Waals surface area (Å²) in [5.74, 6) is -2.45. The summed E-state index contributed by atoms with van der Waals surface area (Å²) in [6.45, 7) is 1.69. The highest BCUT2D eigenvalue weighted by Gasteiger charge is 2.21. The van der Waals surface area contributed by atoms with Crippen molar-refractivity contribution in [3.8, 4) is 0 Å². The second-order valence-corrected chi connectivity index (χ2v) is 2.67. The highest BCUT2D eigenvalue weighted by Crippen LogP contribution is 2.19. The van der Waals surface area contributed by atoms with Gasteiger partial charge in [0.15, 0.2) is 0 Å². The molecule has 0 aliphatic rings. The molecule has 1 aromatic heterocycles. The smallest absolute Gasteiger partial charge is 0.312 e. The van der Waals surface area contributed by atoms with Gasteiger partial charge >= 0.3 is 5.97 Å². The van der Waals surface area contributed by atoms with Gasteiger partial charge < -0.3 is 5.11 Å². The van der Waals surface area contributed by atoms with Crippen molar-refractivity contribution in [1.82, 2.24) is 4.98 Å². The second-order valence-electron chi connectivity index (χ2n) is 2.67. The summed E-state index contributed by atoms with van der Waals surface area (Å²) < 4.78 is 13.1. The Labute approximate surface area is 75.2 Å². The van der Waals surface area contributed by atoms with Gasteiger partial charge in [-0.2, -0.15) is 0 Å². The molecule has 1 rings (SSSR count). The summed E-state index contributed by atoms with van der Waals surface area (Å²) >= 11 is 0. The number of carbonyl (C=O) groups is 1. The first-order valence-electron chi connectivity index (χ1n) is 4.00. The first-order valence-corrected chi connectivity index (χ1v) is 4.00. The minimum atomic E-state index is -1.04. The zero-order valence-corrected chi connectivity index (χ0v) is 7.20. The van der Waals surface area contributed by atoms with Gasteiger partial charge in [-0.05, 0) is 18.6 Å². The van der Waals surface area contributed by atoms with E-state index in [1.54, 1.807) is 6.92 Å². The molecule has 1 atom stereocenters. The molecule has 1 aromatic rings. The monoisotopic (exact) mass is 183 g/mol. The van der Waals surface area contributed by atoms with Crippen molar-refractivity contribution in [2.75, 3.05) is 0 Å². The average molecular weight is 183 g/mol. The van der Waals surface area contributed by atoms with Gasteiger partial charge in [0.05, 0.1) is 5.69 Å². The van der Waals surface area contributed by atoms with Crippen molar-refractivity contribution in [3.63, 3.8) is 0 Å². The van der Waals surface area contributed by atoms with E-state index in [9.17, 15) is 9.18 Å². The molecule has 3 nitrogen and oxygen atoms in total. The average Bonchev–Trinajstić information content (AvgIpc) is 2.09. The van der Waals surface area contributed by atoms with E-state index in [4.69, 9.17) is 5.11 Å². The molecule has 0 saturated heterocycles. The summed E-state index contributed by atoms with van der Waals surface area (Å²) in [5.41, 5.74) is 0.0116. The molecule has 0 amide bonds. The molecule has 0 saturated carbocycles. The van der Waals surface area contributed by atoms with E-state index < -0.39 is 17.7 Å². The van der Waals surface area contributed by atoms with Crippen LogP contribution in [0.5, 0.6) is 0 Å². The second kappa shape index (κ2) is 3.98. The predicted octanol–water partition coefficient (Wildman–Crippen LogP) is 1.80. The summed E-state index contributed by atoms with van der Waals surface area (Å²) in [7, 11) is 0. The molecule has 0 aromatic carbocycles. The van der Waals surface area contributed by atoms with Crippen molar-refractivity contribution >= 4 is 5.97 Å². The van der Waals surface area contributed by atoms with Crippen LogP contribution < -0.4 is 0 Å². The van der Waals surface area contributed by atoms with Crippen LogP contribution in [0.3, 0.4) is 0 Å². The molecule has 0 aliphatic heterocycles. The molecule has 4 heteroatoms. The lowest BCUT2D eigenvalue weighted by atomic mass is 10.0. The quantitative estimate of drug-likeness (QED) is 0.777. The van der Waals surface area contributed by atoms with E-state index in [1.165, 1.54) is 18.3 Å². The zero-order valence-electron chi connectivity index (χ0n) is 7.20. The van der Waals surface area contributed by atoms with E-state index in [2.05, 4.69) is 4.98 Å². The standard InChI is InChI=1S/C9H10FNO2/c1-2-6(9(12)13)8-7(10)4-3-5-11-8/h3-6H,2H2,1H3,(H,12,13). The van der Waals surface area contributed by atoms with Gasteiger partial charge in [-0.25, -0.2) is 4.39 Å².